The number of fused-ring (bicyclic) bond motifs is 1. The minimum absolute atomic E-state index is 0.156. The van der Waals surface area contributed by atoms with E-state index in [4.69, 9.17) is 4.74 Å². The first-order valence-electron chi connectivity index (χ1n) is 8.81. The fourth-order valence-corrected chi connectivity index (χ4v) is 3.39. The lowest BCUT2D eigenvalue weighted by atomic mass is 9.91. The van der Waals surface area contributed by atoms with Crippen LogP contribution in [0.25, 0.3) is 0 Å². The molecule has 0 spiro atoms. The molecule has 5 heteroatoms. The lowest BCUT2D eigenvalue weighted by molar-refractivity contribution is 0.0304. The zero-order valence-electron chi connectivity index (χ0n) is 14.8. The number of guanidine groups is 1. The molecular weight excluding hydrogens is 302 g/mol. The third-order valence-electron chi connectivity index (χ3n) is 4.45. The van der Waals surface area contributed by atoms with Crippen LogP contribution in [-0.2, 0) is 11.3 Å². The Morgan fingerprint density at radius 2 is 1.96 bits per heavy atom. The summed E-state index contributed by atoms with van der Waals surface area (Å²) >= 11 is 0. The second-order valence-corrected chi connectivity index (χ2v) is 7.58. The zero-order valence-corrected chi connectivity index (χ0v) is 14.8. The lowest BCUT2D eigenvalue weighted by Gasteiger charge is -2.31. The van der Waals surface area contributed by atoms with Gasteiger partial charge < -0.3 is 10.1 Å². The molecule has 2 unspecified atom stereocenters. The number of amides is 1. The first-order valence-corrected chi connectivity index (χ1v) is 8.81. The van der Waals surface area contributed by atoms with Crippen molar-refractivity contribution in [1.82, 2.24) is 10.2 Å². The Balaban J connectivity index is 1.80. The maximum Gasteiger partial charge on any atom is 0.417 e. The van der Waals surface area contributed by atoms with Gasteiger partial charge in [-0.15, -0.1) is 0 Å². The maximum absolute atomic E-state index is 12.7. The van der Waals surface area contributed by atoms with Crippen LogP contribution in [0.15, 0.2) is 35.3 Å². The first-order chi connectivity index (χ1) is 11.4. The SMILES string of the molecule is CC(C)(C)OC(=O)N1C(=NCc2ccccc2)NC2CCCCC21. The van der Waals surface area contributed by atoms with Crippen LogP contribution in [0.1, 0.15) is 52.0 Å². The number of nitrogens with one attached hydrogen (secondary N) is 1. The number of ether oxygens (including phenoxy) is 1. The molecule has 1 aliphatic carbocycles. The van der Waals surface area contributed by atoms with E-state index < -0.39 is 5.60 Å². The molecule has 0 bridgehead atoms. The van der Waals surface area contributed by atoms with E-state index in [-0.39, 0.29) is 12.1 Å². The highest BCUT2D eigenvalue weighted by Gasteiger charge is 2.44. The van der Waals surface area contributed by atoms with E-state index in [1.54, 1.807) is 4.90 Å². The molecule has 130 valence electrons. The van der Waals surface area contributed by atoms with Crippen molar-refractivity contribution >= 4 is 12.1 Å². The van der Waals surface area contributed by atoms with Gasteiger partial charge in [0.05, 0.1) is 18.6 Å². The molecule has 0 radical (unpaired) electrons. The number of carbonyl (C=O) groups is 1. The summed E-state index contributed by atoms with van der Waals surface area (Å²) in [6.45, 7) is 6.25. The number of aliphatic imine (C=N–C) groups is 1. The Kier molecular flexibility index (Phi) is 4.78. The number of hydrogen-bond acceptors (Lipinski definition) is 3. The third-order valence-corrected chi connectivity index (χ3v) is 4.45. The number of benzene rings is 1. The van der Waals surface area contributed by atoms with Gasteiger partial charge in [0.25, 0.3) is 0 Å². The van der Waals surface area contributed by atoms with Crippen LogP contribution in [0.5, 0.6) is 0 Å². The molecule has 1 amide bonds. The van der Waals surface area contributed by atoms with Crippen LogP contribution in [0.4, 0.5) is 4.79 Å². The standard InChI is InChI=1S/C19H27N3O2/c1-19(2,3)24-18(23)22-16-12-8-7-11-15(16)21-17(22)20-13-14-9-5-4-6-10-14/h4-6,9-10,15-16H,7-8,11-13H2,1-3H3,(H,20,21). The number of carbonyl (C=O) groups excluding carboxylic acids is 1. The summed E-state index contributed by atoms with van der Waals surface area (Å²) in [6.07, 6.45) is 4.13. The van der Waals surface area contributed by atoms with E-state index in [9.17, 15) is 4.79 Å². The van der Waals surface area contributed by atoms with Crippen LogP contribution in [0.3, 0.4) is 0 Å². The number of hydrogen-bond donors (Lipinski definition) is 1. The van der Waals surface area contributed by atoms with Gasteiger partial charge in [-0.3, -0.25) is 0 Å². The van der Waals surface area contributed by atoms with Crippen molar-refractivity contribution in [2.24, 2.45) is 4.99 Å². The van der Waals surface area contributed by atoms with Gasteiger partial charge in [0, 0.05) is 0 Å². The van der Waals surface area contributed by atoms with Crippen molar-refractivity contribution in [3.8, 4) is 0 Å². The van der Waals surface area contributed by atoms with Crippen LogP contribution in [-0.4, -0.2) is 34.6 Å². The van der Waals surface area contributed by atoms with Crippen molar-refractivity contribution in [3.63, 3.8) is 0 Å². The molecule has 2 fully saturated rings. The molecule has 5 nitrogen and oxygen atoms in total. The van der Waals surface area contributed by atoms with E-state index in [2.05, 4.69) is 10.3 Å². The van der Waals surface area contributed by atoms with E-state index >= 15 is 0 Å². The van der Waals surface area contributed by atoms with Crippen molar-refractivity contribution in [3.05, 3.63) is 35.9 Å². The molecule has 3 rings (SSSR count). The Labute approximate surface area is 144 Å². The Morgan fingerprint density at radius 1 is 1.25 bits per heavy atom. The molecule has 1 saturated carbocycles. The average molecular weight is 329 g/mol. The highest BCUT2D eigenvalue weighted by molar-refractivity contribution is 5.96. The van der Waals surface area contributed by atoms with E-state index in [1.165, 1.54) is 6.42 Å². The van der Waals surface area contributed by atoms with Gasteiger partial charge in [0.2, 0.25) is 5.96 Å². The van der Waals surface area contributed by atoms with E-state index in [0.717, 1.165) is 24.8 Å². The van der Waals surface area contributed by atoms with Crippen molar-refractivity contribution < 1.29 is 9.53 Å². The van der Waals surface area contributed by atoms with Gasteiger partial charge >= 0.3 is 6.09 Å². The van der Waals surface area contributed by atoms with Gasteiger partial charge in [-0.2, -0.15) is 0 Å². The molecule has 1 heterocycles. The highest BCUT2D eigenvalue weighted by Crippen LogP contribution is 2.29. The molecule has 1 aromatic rings. The largest absolute Gasteiger partial charge is 0.443 e. The van der Waals surface area contributed by atoms with E-state index in [0.29, 0.717) is 18.5 Å². The average Bonchev–Trinajstić information content (AvgIpc) is 2.91. The quantitative estimate of drug-likeness (QED) is 0.900. The lowest BCUT2D eigenvalue weighted by Crippen LogP contribution is -2.45. The fourth-order valence-electron chi connectivity index (χ4n) is 3.39. The molecule has 1 saturated heterocycles. The molecular formula is C19H27N3O2. The minimum Gasteiger partial charge on any atom is -0.443 e. The molecule has 1 aliphatic heterocycles. The van der Waals surface area contributed by atoms with Gasteiger partial charge in [-0.25, -0.2) is 14.7 Å². The normalized spacial score (nSPS) is 25.3. The summed E-state index contributed by atoms with van der Waals surface area (Å²) in [7, 11) is 0. The molecule has 2 atom stereocenters. The van der Waals surface area contributed by atoms with E-state index in [1.807, 2.05) is 51.1 Å². The maximum atomic E-state index is 12.7. The highest BCUT2D eigenvalue weighted by atomic mass is 16.6. The fraction of sp³-hybridized carbons (Fsp3) is 0.579. The summed E-state index contributed by atoms with van der Waals surface area (Å²) in [6, 6.07) is 10.5. The Hall–Kier alpha value is -2.04. The van der Waals surface area contributed by atoms with Gasteiger partial charge in [-0.1, -0.05) is 43.2 Å². The predicted octanol–water partition coefficient (Wildman–Crippen LogP) is 3.69. The molecule has 2 aliphatic rings. The number of nitrogens with zero attached hydrogens (tertiary/aromatic N) is 2. The van der Waals surface area contributed by atoms with Gasteiger partial charge in [-0.05, 0) is 39.2 Å². The molecule has 24 heavy (non-hydrogen) atoms. The second-order valence-electron chi connectivity index (χ2n) is 7.58. The van der Waals surface area contributed by atoms with Gasteiger partial charge in [0.1, 0.15) is 5.60 Å². The van der Waals surface area contributed by atoms with Crippen molar-refractivity contribution in [1.29, 1.82) is 0 Å². The molecule has 1 N–H and O–H groups in total. The summed E-state index contributed by atoms with van der Waals surface area (Å²) in [4.78, 5) is 19.1. The monoisotopic (exact) mass is 329 g/mol. The van der Waals surface area contributed by atoms with Crippen LogP contribution in [0, 0.1) is 0 Å². The zero-order chi connectivity index (χ0) is 17.2. The Morgan fingerprint density at radius 3 is 2.67 bits per heavy atom. The van der Waals surface area contributed by atoms with Crippen LogP contribution >= 0.6 is 0 Å². The minimum atomic E-state index is -0.506. The second kappa shape index (κ2) is 6.83. The van der Waals surface area contributed by atoms with Crippen molar-refractivity contribution in [2.75, 3.05) is 0 Å². The first kappa shape index (κ1) is 16.8. The summed E-state index contributed by atoms with van der Waals surface area (Å²) in [5.41, 5.74) is 0.625. The third kappa shape index (κ3) is 3.89. The summed E-state index contributed by atoms with van der Waals surface area (Å²) in [5.74, 6) is 0.657. The summed E-state index contributed by atoms with van der Waals surface area (Å²) < 4.78 is 5.62. The predicted molar refractivity (Wildman–Crippen MR) is 94.8 cm³/mol. The van der Waals surface area contributed by atoms with Crippen molar-refractivity contribution in [2.45, 2.75) is 70.7 Å². The molecule has 0 aromatic heterocycles. The Bertz CT molecular complexity index is 607. The smallest absolute Gasteiger partial charge is 0.417 e. The van der Waals surface area contributed by atoms with Crippen LogP contribution < -0.4 is 5.32 Å². The molecule has 1 aromatic carbocycles. The van der Waals surface area contributed by atoms with Gasteiger partial charge in [0.15, 0.2) is 0 Å². The van der Waals surface area contributed by atoms with Crippen LogP contribution in [0.2, 0.25) is 0 Å². The summed E-state index contributed by atoms with van der Waals surface area (Å²) in [5, 5.41) is 3.45. The number of rotatable bonds is 2. The topological polar surface area (TPSA) is 53.9 Å².